The quantitative estimate of drug-likeness (QED) is 0.608. The van der Waals surface area contributed by atoms with E-state index in [9.17, 15) is 14.4 Å². The average Bonchev–Trinajstić information content (AvgIpc) is 2.43. The zero-order chi connectivity index (χ0) is 14.5. The number of benzene rings is 1. The van der Waals surface area contributed by atoms with Crippen molar-refractivity contribution in [3.63, 3.8) is 0 Å². The predicted octanol–water partition coefficient (Wildman–Crippen LogP) is 1.95. The van der Waals surface area contributed by atoms with Crippen LogP contribution in [0.1, 0.15) is 36.5 Å². The number of rotatable bonds is 5. The molecule has 0 N–H and O–H groups in total. The molecule has 20 heavy (non-hydrogen) atoms. The molecule has 2 rings (SSSR count). The highest BCUT2D eigenvalue weighted by atomic mass is 16.5. The maximum absolute atomic E-state index is 12.0. The Morgan fingerprint density at radius 2 is 2.05 bits per heavy atom. The third-order valence-corrected chi connectivity index (χ3v) is 3.18. The van der Waals surface area contributed by atoms with Gasteiger partial charge in [0, 0.05) is 18.5 Å². The highest BCUT2D eigenvalue weighted by Gasteiger charge is 2.29. The summed E-state index contributed by atoms with van der Waals surface area (Å²) in [6, 6.07) is 7.06. The van der Waals surface area contributed by atoms with Gasteiger partial charge in [0.15, 0.2) is 5.78 Å². The van der Waals surface area contributed by atoms with E-state index in [0.717, 1.165) is 0 Å². The molecule has 1 aromatic rings. The Balaban J connectivity index is 2.04. The Kier molecular flexibility index (Phi) is 4.50. The zero-order valence-electron chi connectivity index (χ0n) is 11.4. The molecule has 0 unspecified atom stereocenters. The first-order chi connectivity index (χ1) is 9.63. The normalized spacial score (nSPS) is 14.2. The first kappa shape index (κ1) is 14.2. The molecule has 0 aromatic heterocycles. The van der Waals surface area contributed by atoms with Crippen molar-refractivity contribution in [2.75, 3.05) is 18.1 Å². The van der Waals surface area contributed by atoms with Crippen molar-refractivity contribution in [3.05, 3.63) is 29.8 Å². The summed E-state index contributed by atoms with van der Waals surface area (Å²) in [5.74, 6) is -0.619. The summed E-state index contributed by atoms with van der Waals surface area (Å²) >= 11 is 0. The number of anilines is 1. The fourth-order valence-corrected chi connectivity index (χ4v) is 2.27. The van der Waals surface area contributed by atoms with Gasteiger partial charge in [0.25, 0.3) is 0 Å². The van der Waals surface area contributed by atoms with Crippen LogP contribution in [0.25, 0.3) is 0 Å². The molecule has 0 atom stereocenters. The summed E-state index contributed by atoms with van der Waals surface area (Å²) in [6.07, 6.45) is 0.692. The van der Waals surface area contributed by atoms with Gasteiger partial charge in [-0.1, -0.05) is 12.1 Å². The Morgan fingerprint density at radius 1 is 1.30 bits per heavy atom. The van der Waals surface area contributed by atoms with E-state index in [1.54, 1.807) is 36.1 Å². The van der Waals surface area contributed by atoms with E-state index in [1.165, 1.54) is 0 Å². The van der Waals surface area contributed by atoms with E-state index in [1.807, 2.05) is 0 Å². The van der Waals surface area contributed by atoms with Crippen LogP contribution in [-0.2, 0) is 14.3 Å². The topological polar surface area (TPSA) is 63.7 Å². The second-order valence-corrected chi connectivity index (χ2v) is 4.57. The molecule has 1 aliphatic rings. The van der Waals surface area contributed by atoms with Crippen molar-refractivity contribution in [2.45, 2.75) is 26.2 Å². The molecular weight excluding hydrogens is 258 g/mol. The van der Waals surface area contributed by atoms with Gasteiger partial charge in [-0.3, -0.25) is 14.4 Å². The minimum Gasteiger partial charge on any atom is -0.466 e. The number of carbonyl (C=O) groups excluding carboxylic acids is 3. The molecule has 0 fully saturated rings. The van der Waals surface area contributed by atoms with E-state index in [4.69, 9.17) is 4.74 Å². The molecule has 5 heteroatoms. The van der Waals surface area contributed by atoms with Gasteiger partial charge < -0.3 is 9.64 Å². The molecule has 1 amide bonds. The summed E-state index contributed by atoms with van der Waals surface area (Å²) in [4.78, 5) is 36.6. The molecule has 106 valence electrons. The summed E-state index contributed by atoms with van der Waals surface area (Å²) in [7, 11) is 0. The van der Waals surface area contributed by atoms with Gasteiger partial charge in [-0.05, 0) is 25.5 Å². The van der Waals surface area contributed by atoms with Crippen LogP contribution in [0.3, 0.4) is 0 Å². The average molecular weight is 275 g/mol. The number of esters is 1. The minimum absolute atomic E-state index is 0.101. The molecule has 0 aliphatic carbocycles. The number of hydrogen-bond acceptors (Lipinski definition) is 4. The third kappa shape index (κ3) is 3.04. The lowest BCUT2D eigenvalue weighted by molar-refractivity contribution is -0.143. The zero-order valence-corrected chi connectivity index (χ0v) is 11.4. The van der Waals surface area contributed by atoms with Crippen molar-refractivity contribution in [3.8, 4) is 0 Å². The van der Waals surface area contributed by atoms with Gasteiger partial charge in [-0.25, -0.2) is 0 Å². The van der Waals surface area contributed by atoms with Crippen molar-refractivity contribution in [1.82, 2.24) is 0 Å². The fourth-order valence-electron chi connectivity index (χ4n) is 2.27. The Morgan fingerprint density at radius 3 is 2.80 bits per heavy atom. The van der Waals surface area contributed by atoms with Crippen LogP contribution in [-0.4, -0.2) is 30.8 Å². The SMILES string of the molecule is CCOC(=O)CCCN1C(=O)CC(=O)c2ccccc21. The molecule has 1 aliphatic heterocycles. The van der Waals surface area contributed by atoms with Crippen LogP contribution in [0.15, 0.2) is 24.3 Å². The van der Waals surface area contributed by atoms with Crippen molar-refractivity contribution in [1.29, 1.82) is 0 Å². The largest absolute Gasteiger partial charge is 0.466 e. The number of carbonyl (C=O) groups is 3. The molecular formula is C15H17NO4. The fraction of sp³-hybridized carbons (Fsp3) is 0.400. The number of Topliss-reactive ketones (excluding diaryl/α,β-unsaturated/α-hetero) is 1. The van der Waals surface area contributed by atoms with E-state index >= 15 is 0 Å². The molecule has 5 nitrogen and oxygen atoms in total. The summed E-state index contributed by atoms with van der Waals surface area (Å²) in [5, 5.41) is 0. The molecule has 0 bridgehead atoms. The second-order valence-electron chi connectivity index (χ2n) is 4.57. The Hall–Kier alpha value is -2.17. The number of ketones is 1. The molecule has 0 saturated carbocycles. The van der Waals surface area contributed by atoms with Crippen LogP contribution in [0.5, 0.6) is 0 Å². The number of fused-ring (bicyclic) bond motifs is 1. The number of nitrogens with zero attached hydrogens (tertiary/aromatic N) is 1. The van der Waals surface area contributed by atoms with Crippen LogP contribution < -0.4 is 4.90 Å². The van der Waals surface area contributed by atoms with Crippen molar-refractivity contribution in [2.24, 2.45) is 0 Å². The number of amides is 1. The lowest BCUT2D eigenvalue weighted by atomic mass is 9.99. The standard InChI is InChI=1S/C15H17NO4/c1-2-20-15(19)8-5-9-16-12-7-4-3-6-11(12)13(17)10-14(16)18/h3-4,6-7H,2,5,8-10H2,1H3. The maximum atomic E-state index is 12.0. The summed E-state index contributed by atoms with van der Waals surface area (Å²) in [6.45, 7) is 2.54. The van der Waals surface area contributed by atoms with Gasteiger partial charge in [-0.15, -0.1) is 0 Å². The van der Waals surface area contributed by atoms with Crippen molar-refractivity contribution >= 4 is 23.3 Å². The van der Waals surface area contributed by atoms with Crippen molar-refractivity contribution < 1.29 is 19.1 Å². The van der Waals surface area contributed by atoms with Crippen LogP contribution in [0, 0.1) is 0 Å². The van der Waals surface area contributed by atoms with Gasteiger partial charge in [0.2, 0.25) is 5.91 Å². The van der Waals surface area contributed by atoms with E-state index < -0.39 is 0 Å². The maximum Gasteiger partial charge on any atom is 0.305 e. The first-order valence-corrected chi connectivity index (χ1v) is 6.71. The second kappa shape index (κ2) is 6.32. The number of ether oxygens (including phenoxy) is 1. The molecule has 1 aromatic carbocycles. The van der Waals surface area contributed by atoms with Crippen LogP contribution >= 0.6 is 0 Å². The highest BCUT2D eigenvalue weighted by Crippen LogP contribution is 2.27. The summed E-state index contributed by atoms with van der Waals surface area (Å²) < 4.78 is 4.85. The molecule has 1 heterocycles. The lowest BCUT2D eigenvalue weighted by Crippen LogP contribution is -2.38. The van der Waals surface area contributed by atoms with E-state index in [0.29, 0.717) is 30.8 Å². The van der Waals surface area contributed by atoms with Gasteiger partial charge in [-0.2, -0.15) is 0 Å². The molecule has 0 radical (unpaired) electrons. The van der Waals surface area contributed by atoms with Gasteiger partial charge >= 0.3 is 5.97 Å². The van der Waals surface area contributed by atoms with E-state index in [2.05, 4.69) is 0 Å². The third-order valence-electron chi connectivity index (χ3n) is 3.18. The van der Waals surface area contributed by atoms with Crippen LogP contribution in [0.4, 0.5) is 5.69 Å². The molecule has 0 spiro atoms. The highest BCUT2D eigenvalue weighted by molar-refractivity contribution is 6.19. The lowest BCUT2D eigenvalue weighted by Gasteiger charge is -2.28. The summed E-state index contributed by atoms with van der Waals surface area (Å²) in [5.41, 5.74) is 1.21. The van der Waals surface area contributed by atoms with Gasteiger partial charge in [0.05, 0.1) is 18.7 Å². The van der Waals surface area contributed by atoms with E-state index in [-0.39, 0.29) is 30.5 Å². The Labute approximate surface area is 117 Å². The first-order valence-electron chi connectivity index (χ1n) is 6.71. The van der Waals surface area contributed by atoms with Gasteiger partial charge in [0.1, 0.15) is 0 Å². The Bertz CT molecular complexity index is 538. The van der Waals surface area contributed by atoms with Crippen LogP contribution in [0.2, 0.25) is 0 Å². The minimum atomic E-state index is -0.263. The predicted molar refractivity (Wildman–Crippen MR) is 73.6 cm³/mol. The molecule has 0 saturated heterocycles. The smallest absolute Gasteiger partial charge is 0.305 e. The number of para-hydroxylation sites is 1. The monoisotopic (exact) mass is 275 g/mol. The number of hydrogen-bond donors (Lipinski definition) is 0.